The van der Waals surface area contributed by atoms with Crippen molar-refractivity contribution >= 4 is 11.8 Å². The Balaban J connectivity index is 2.28. The number of hydrogen-bond acceptors (Lipinski definition) is 3. The SMILES string of the molecule is CC[C@@H](C)NC(=O)[C@@H](CC)N(Cc1ccc(OC)cc1)C(=O)Cc1cccc(C)c1. The predicted molar refractivity (Wildman–Crippen MR) is 120 cm³/mol. The summed E-state index contributed by atoms with van der Waals surface area (Å²) < 4.78 is 5.23. The Kier molecular flexibility index (Phi) is 8.90. The molecule has 0 aliphatic rings. The lowest BCUT2D eigenvalue weighted by molar-refractivity contribution is -0.141. The van der Waals surface area contributed by atoms with Gasteiger partial charge in [-0.25, -0.2) is 0 Å². The van der Waals surface area contributed by atoms with Gasteiger partial charge in [-0.1, -0.05) is 55.8 Å². The molecule has 2 aromatic rings. The number of benzene rings is 2. The Hall–Kier alpha value is -2.82. The molecule has 5 nitrogen and oxygen atoms in total. The number of hydrogen-bond donors (Lipinski definition) is 1. The molecular formula is C25H34N2O3. The van der Waals surface area contributed by atoms with E-state index in [2.05, 4.69) is 5.32 Å². The molecule has 0 aliphatic heterocycles. The van der Waals surface area contributed by atoms with E-state index in [-0.39, 0.29) is 24.3 Å². The van der Waals surface area contributed by atoms with E-state index >= 15 is 0 Å². The number of carbonyl (C=O) groups excluding carboxylic acids is 2. The molecule has 0 bridgehead atoms. The van der Waals surface area contributed by atoms with Gasteiger partial charge in [-0.15, -0.1) is 0 Å². The van der Waals surface area contributed by atoms with Crippen LogP contribution in [0.2, 0.25) is 0 Å². The molecule has 0 aromatic heterocycles. The van der Waals surface area contributed by atoms with Gasteiger partial charge >= 0.3 is 0 Å². The van der Waals surface area contributed by atoms with Gasteiger partial charge in [-0.05, 0) is 49.9 Å². The molecule has 1 N–H and O–H groups in total. The molecular weight excluding hydrogens is 376 g/mol. The summed E-state index contributed by atoms with van der Waals surface area (Å²) in [5.41, 5.74) is 3.03. The van der Waals surface area contributed by atoms with Crippen LogP contribution in [-0.4, -0.2) is 35.9 Å². The second-order valence-corrected chi connectivity index (χ2v) is 7.78. The van der Waals surface area contributed by atoms with Gasteiger partial charge < -0.3 is 15.0 Å². The molecule has 162 valence electrons. The molecule has 0 spiro atoms. The maximum atomic E-state index is 13.3. The van der Waals surface area contributed by atoms with Crippen LogP contribution in [0.4, 0.5) is 0 Å². The van der Waals surface area contributed by atoms with Gasteiger partial charge in [-0.2, -0.15) is 0 Å². The summed E-state index contributed by atoms with van der Waals surface area (Å²) >= 11 is 0. The summed E-state index contributed by atoms with van der Waals surface area (Å²) in [6.07, 6.45) is 1.67. The van der Waals surface area contributed by atoms with Gasteiger partial charge in [0.05, 0.1) is 13.5 Å². The lowest BCUT2D eigenvalue weighted by atomic mass is 10.0. The molecule has 2 rings (SSSR count). The van der Waals surface area contributed by atoms with E-state index in [4.69, 9.17) is 4.74 Å². The number of nitrogens with zero attached hydrogens (tertiary/aromatic N) is 1. The highest BCUT2D eigenvalue weighted by Gasteiger charge is 2.29. The summed E-state index contributed by atoms with van der Waals surface area (Å²) in [7, 11) is 1.62. The van der Waals surface area contributed by atoms with E-state index in [1.807, 2.05) is 76.2 Å². The van der Waals surface area contributed by atoms with Crippen molar-refractivity contribution in [3.8, 4) is 5.75 Å². The first-order chi connectivity index (χ1) is 14.4. The molecule has 0 saturated heterocycles. The van der Waals surface area contributed by atoms with Crippen LogP contribution in [0.15, 0.2) is 48.5 Å². The lowest BCUT2D eigenvalue weighted by Gasteiger charge is -2.31. The minimum absolute atomic E-state index is 0.0532. The van der Waals surface area contributed by atoms with Crippen LogP contribution in [0.1, 0.15) is 50.3 Å². The number of methoxy groups -OCH3 is 1. The van der Waals surface area contributed by atoms with E-state index in [0.29, 0.717) is 13.0 Å². The fourth-order valence-corrected chi connectivity index (χ4v) is 3.39. The quantitative estimate of drug-likeness (QED) is 0.636. The van der Waals surface area contributed by atoms with Crippen LogP contribution in [-0.2, 0) is 22.6 Å². The van der Waals surface area contributed by atoms with Crippen molar-refractivity contribution in [3.63, 3.8) is 0 Å². The van der Waals surface area contributed by atoms with Gasteiger partial charge in [-0.3, -0.25) is 9.59 Å². The van der Waals surface area contributed by atoms with Gasteiger partial charge in [0.25, 0.3) is 0 Å². The van der Waals surface area contributed by atoms with E-state index in [0.717, 1.165) is 28.9 Å². The first kappa shape index (κ1) is 23.5. The van der Waals surface area contributed by atoms with Crippen molar-refractivity contribution in [2.45, 2.75) is 65.6 Å². The maximum absolute atomic E-state index is 13.3. The molecule has 0 saturated carbocycles. The molecule has 30 heavy (non-hydrogen) atoms. The van der Waals surface area contributed by atoms with Crippen molar-refractivity contribution in [1.82, 2.24) is 10.2 Å². The van der Waals surface area contributed by atoms with Crippen LogP contribution in [0, 0.1) is 6.92 Å². The zero-order chi connectivity index (χ0) is 22.1. The number of rotatable bonds is 10. The molecule has 2 amide bonds. The van der Waals surface area contributed by atoms with Crippen LogP contribution in [0.3, 0.4) is 0 Å². The highest BCUT2D eigenvalue weighted by atomic mass is 16.5. The number of aryl methyl sites for hydroxylation is 1. The van der Waals surface area contributed by atoms with Gasteiger partial charge in [0.2, 0.25) is 11.8 Å². The Labute approximate surface area is 180 Å². The molecule has 2 aromatic carbocycles. The summed E-state index contributed by atoms with van der Waals surface area (Å²) in [4.78, 5) is 28.0. The van der Waals surface area contributed by atoms with Gasteiger partial charge in [0.15, 0.2) is 0 Å². The molecule has 0 fully saturated rings. The Bertz CT molecular complexity index is 833. The minimum atomic E-state index is -0.515. The first-order valence-corrected chi connectivity index (χ1v) is 10.7. The van der Waals surface area contributed by atoms with Crippen molar-refractivity contribution in [1.29, 1.82) is 0 Å². The molecule has 0 unspecified atom stereocenters. The summed E-state index contributed by atoms with van der Waals surface area (Å²) in [5.74, 6) is 0.610. The lowest BCUT2D eigenvalue weighted by Crippen LogP contribution is -2.51. The highest BCUT2D eigenvalue weighted by Crippen LogP contribution is 2.18. The molecule has 5 heteroatoms. The Morgan fingerprint density at radius 1 is 1.03 bits per heavy atom. The third-order valence-electron chi connectivity index (χ3n) is 5.34. The van der Waals surface area contributed by atoms with Crippen molar-refractivity contribution in [2.24, 2.45) is 0 Å². The van der Waals surface area contributed by atoms with Crippen LogP contribution in [0.5, 0.6) is 5.75 Å². The van der Waals surface area contributed by atoms with Crippen LogP contribution >= 0.6 is 0 Å². The van der Waals surface area contributed by atoms with Gasteiger partial charge in [0, 0.05) is 12.6 Å². The largest absolute Gasteiger partial charge is 0.497 e. The summed E-state index contributed by atoms with van der Waals surface area (Å²) in [5, 5.41) is 3.04. The van der Waals surface area contributed by atoms with E-state index in [9.17, 15) is 9.59 Å². The molecule has 0 aliphatic carbocycles. The van der Waals surface area contributed by atoms with E-state index < -0.39 is 6.04 Å². The number of ether oxygens (including phenoxy) is 1. The number of amides is 2. The molecule has 0 radical (unpaired) electrons. The van der Waals surface area contributed by atoms with Crippen LogP contribution < -0.4 is 10.1 Å². The van der Waals surface area contributed by atoms with Crippen LogP contribution in [0.25, 0.3) is 0 Å². The standard InChI is InChI=1S/C25H34N2O3/c1-6-19(4)26-25(29)23(7-2)27(17-20-11-13-22(30-5)14-12-20)24(28)16-21-10-8-9-18(3)15-21/h8-15,19,23H,6-7,16-17H2,1-5H3,(H,26,29)/t19-,23-/m1/s1. The zero-order valence-electron chi connectivity index (χ0n) is 18.8. The van der Waals surface area contributed by atoms with Gasteiger partial charge in [0.1, 0.15) is 11.8 Å². The summed E-state index contributed by atoms with van der Waals surface area (Å²) in [6.45, 7) is 8.34. The number of carbonyl (C=O) groups is 2. The normalized spacial score (nSPS) is 12.7. The molecule has 2 atom stereocenters. The van der Waals surface area contributed by atoms with Crippen molar-refractivity contribution in [2.75, 3.05) is 7.11 Å². The Morgan fingerprint density at radius 3 is 2.30 bits per heavy atom. The zero-order valence-corrected chi connectivity index (χ0v) is 18.8. The smallest absolute Gasteiger partial charge is 0.243 e. The average Bonchev–Trinajstić information content (AvgIpc) is 2.73. The maximum Gasteiger partial charge on any atom is 0.243 e. The molecule has 0 heterocycles. The average molecular weight is 411 g/mol. The monoisotopic (exact) mass is 410 g/mol. The number of nitrogens with one attached hydrogen (secondary N) is 1. The minimum Gasteiger partial charge on any atom is -0.497 e. The second kappa shape index (κ2) is 11.4. The predicted octanol–water partition coefficient (Wildman–Crippen LogP) is 4.27. The Morgan fingerprint density at radius 2 is 1.73 bits per heavy atom. The summed E-state index contributed by atoms with van der Waals surface area (Å²) in [6, 6.07) is 15.1. The second-order valence-electron chi connectivity index (χ2n) is 7.78. The fraction of sp³-hybridized carbons (Fsp3) is 0.440. The van der Waals surface area contributed by atoms with E-state index in [1.54, 1.807) is 12.0 Å². The van der Waals surface area contributed by atoms with E-state index in [1.165, 1.54) is 0 Å². The fourth-order valence-electron chi connectivity index (χ4n) is 3.39. The topological polar surface area (TPSA) is 58.6 Å². The van der Waals surface area contributed by atoms with Crippen molar-refractivity contribution in [3.05, 3.63) is 65.2 Å². The first-order valence-electron chi connectivity index (χ1n) is 10.7. The van der Waals surface area contributed by atoms with Crippen molar-refractivity contribution < 1.29 is 14.3 Å². The highest BCUT2D eigenvalue weighted by molar-refractivity contribution is 5.88. The third kappa shape index (κ3) is 6.61. The third-order valence-corrected chi connectivity index (χ3v) is 5.34.